The van der Waals surface area contributed by atoms with Gasteiger partial charge in [0.1, 0.15) is 0 Å². The summed E-state index contributed by atoms with van der Waals surface area (Å²) in [5.41, 5.74) is 1.49. The maximum atomic E-state index is 11.9. The predicted octanol–water partition coefficient (Wildman–Crippen LogP) is 1.02. The SMILES string of the molecule is Cc1ccccc1C(=O)NCC(=O)N[C@H]1CCCOC1. The third-order valence-electron chi connectivity index (χ3n) is 3.32. The van der Waals surface area contributed by atoms with E-state index in [9.17, 15) is 9.59 Å². The van der Waals surface area contributed by atoms with Crippen LogP contribution in [0.5, 0.6) is 0 Å². The molecule has 1 aliphatic rings. The third-order valence-corrected chi connectivity index (χ3v) is 3.32. The molecule has 0 aliphatic carbocycles. The normalized spacial score (nSPS) is 18.4. The van der Waals surface area contributed by atoms with Gasteiger partial charge in [-0.2, -0.15) is 0 Å². The first-order valence-electron chi connectivity index (χ1n) is 6.88. The lowest BCUT2D eigenvalue weighted by Gasteiger charge is -2.23. The van der Waals surface area contributed by atoms with E-state index in [1.807, 2.05) is 19.1 Å². The van der Waals surface area contributed by atoms with Crippen LogP contribution in [0, 0.1) is 6.92 Å². The minimum absolute atomic E-state index is 0.0103. The van der Waals surface area contributed by atoms with Gasteiger partial charge < -0.3 is 15.4 Å². The van der Waals surface area contributed by atoms with Crippen molar-refractivity contribution in [2.75, 3.05) is 19.8 Å². The number of ether oxygens (including phenoxy) is 1. The van der Waals surface area contributed by atoms with Crippen LogP contribution in [0.4, 0.5) is 0 Å². The second-order valence-electron chi connectivity index (χ2n) is 4.98. The van der Waals surface area contributed by atoms with E-state index in [2.05, 4.69) is 10.6 Å². The van der Waals surface area contributed by atoms with Gasteiger partial charge in [-0.05, 0) is 31.4 Å². The van der Waals surface area contributed by atoms with Gasteiger partial charge in [-0.1, -0.05) is 18.2 Å². The Morgan fingerprint density at radius 3 is 2.85 bits per heavy atom. The molecule has 2 N–H and O–H groups in total. The number of amides is 2. The van der Waals surface area contributed by atoms with E-state index in [1.54, 1.807) is 12.1 Å². The molecule has 20 heavy (non-hydrogen) atoms. The molecule has 1 aromatic rings. The van der Waals surface area contributed by atoms with Crippen LogP contribution in [0.25, 0.3) is 0 Å². The number of hydrogen-bond acceptors (Lipinski definition) is 3. The average Bonchev–Trinajstić information content (AvgIpc) is 2.46. The second kappa shape index (κ2) is 7.05. The first-order chi connectivity index (χ1) is 9.66. The third kappa shape index (κ3) is 4.06. The Morgan fingerprint density at radius 2 is 2.15 bits per heavy atom. The summed E-state index contributed by atoms with van der Waals surface area (Å²) in [4.78, 5) is 23.7. The lowest BCUT2D eigenvalue weighted by molar-refractivity contribution is -0.121. The van der Waals surface area contributed by atoms with Crippen LogP contribution in [0.15, 0.2) is 24.3 Å². The van der Waals surface area contributed by atoms with Gasteiger partial charge in [0.15, 0.2) is 0 Å². The molecule has 5 heteroatoms. The quantitative estimate of drug-likeness (QED) is 0.863. The van der Waals surface area contributed by atoms with Crippen molar-refractivity contribution in [2.24, 2.45) is 0 Å². The van der Waals surface area contributed by atoms with E-state index in [0.29, 0.717) is 12.2 Å². The minimum atomic E-state index is -0.224. The van der Waals surface area contributed by atoms with Gasteiger partial charge in [0.2, 0.25) is 5.91 Å². The molecule has 2 amide bonds. The molecule has 2 rings (SSSR count). The molecule has 1 fully saturated rings. The number of carbonyl (C=O) groups is 2. The molecule has 0 radical (unpaired) electrons. The molecule has 5 nitrogen and oxygen atoms in total. The monoisotopic (exact) mass is 276 g/mol. The van der Waals surface area contributed by atoms with Crippen molar-refractivity contribution in [3.8, 4) is 0 Å². The Labute approximate surface area is 118 Å². The Kier molecular flexibility index (Phi) is 5.12. The van der Waals surface area contributed by atoms with Crippen LogP contribution in [-0.2, 0) is 9.53 Å². The molecule has 0 bridgehead atoms. The van der Waals surface area contributed by atoms with Crippen LogP contribution in [0.3, 0.4) is 0 Å². The Bertz CT molecular complexity index is 482. The second-order valence-corrected chi connectivity index (χ2v) is 4.98. The fraction of sp³-hybridized carbons (Fsp3) is 0.467. The number of benzene rings is 1. The van der Waals surface area contributed by atoms with Gasteiger partial charge in [0.05, 0.1) is 19.2 Å². The summed E-state index contributed by atoms with van der Waals surface area (Å²) in [6, 6.07) is 7.36. The zero-order chi connectivity index (χ0) is 14.4. The standard InChI is InChI=1S/C15H20N2O3/c1-11-5-2-3-7-13(11)15(19)16-9-14(18)17-12-6-4-8-20-10-12/h2-3,5,7,12H,4,6,8-10H2,1H3,(H,16,19)(H,17,18)/t12-/m0/s1. The summed E-state index contributed by atoms with van der Waals surface area (Å²) in [7, 11) is 0. The maximum Gasteiger partial charge on any atom is 0.251 e. The largest absolute Gasteiger partial charge is 0.379 e. The summed E-state index contributed by atoms with van der Waals surface area (Å²) in [5, 5.41) is 5.50. The van der Waals surface area contributed by atoms with Gasteiger partial charge in [-0.15, -0.1) is 0 Å². The topological polar surface area (TPSA) is 67.4 Å². The van der Waals surface area contributed by atoms with E-state index < -0.39 is 0 Å². The summed E-state index contributed by atoms with van der Waals surface area (Å²) in [5.74, 6) is -0.402. The van der Waals surface area contributed by atoms with Crippen molar-refractivity contribution in [2.45, 2.75) is 25.8 Å². The van der Waals surface area contributed by atoms with Crippen LogP contribution in [0.2, 0.25) is 0 Å². The smallest absolute Gasteiger partial charge is 0.251 e. The van der Waals surface area contributed by atoms with E-state index in [4.69, 9.17) is 4.74 Å². The molecule has 1 atom stereocenters. The van der Waals surface area contributed by atoms with Crippen molar-refractivity contribution < 1.29 is 14.3 Å². The van der Waals surface area contributed by atoms with Crippen molar-refractivity contribution >= 4 is 11.8 Å². The van der Waals surface area contributed by atoms with Crippen molar-refractivity contribution in [3.05, 3.63) is 35.4 Å². The Balaban J connectivity index is 1.78. The van der Waals surface area contributed by atoms with Crippen molar-refractivity contribution in [1.29, 1.82) is 0 Å². The van der Waals surface area contributed by atoms with Crippen molar-refractivity contribution in [1.82, 2.24) is 10.6 Å². The average molecular weight is 276 g/mol. The van der Waals surface area contributed by atoms with Gasteiger partial charge in [-0.3, -0.25) is 9.59 Å². The summed E-state index contributed by atoms with van der Waals surface area (Å²) >= 11 is 0. The molecule has 1 heterocycles. The first-order valence-corrected chi connectivity index (χ1v) is 6.88. The number of aryl methyl sites for hydroxylation is 1. The zero-order valence-electron chi connectivity index (χ0n) is 11.6. The van der Waals surface area contributed by atoms with Crippen LogP contribution in [0.1, 0.15) is 28.8 Å². The molecular weight excluding hydrogens is 256 g/mol. The fourth-order valence-corrected chi connectivity index (χ4v) is 2.22. The highest BCUT2D eigenvalue weighted by atomic mass is 16.5. The van der Waals surface area contributed by atoms with Gasteiger partial charge in [0.25, 0.3) is 5.91 Å². The Morgan fingerprint density at radius 1 is 1.35 bits per heavy atom. The van der Waals surface area contributed by atoms with Gasteiger partial charge in [0, 0.05) is 12.2 Å². The lowest BCUT2D eigenvalue weighted by Crippen LogP contribution is -2.45. The lowest BCUT2D eigenvalue weighted by atomic mass is 10.1. The molecular formula is C15H20N2O3. The van der Waals surface area contributed by atoms with Crippen LogP contribution in [-0.4, -0.2) is 37.6 Å². The zero-order valence-corrected chi connectivity index (χ0v) is 11.6. The molecule has 0 aromatic heterocycles. The fourth-order valence-electron chi connectivity index (χ4n) is 2.22. The molecule has 1 saturated heterocycles. The number of rotatable bonds is 4. The summed E-state index contributed by atoms with van der Waals surface area (Å²) in [6.07, 6.45) is 1.89. The Hall–Kier alpha value is -1.88. The van der Waals surface area contributed by atoms with E-state index in [0.717, 1.165) is 25.0 Å². The molecule has 1 aromatic carbocycles. The maximum absolute atomic E-state index is 11.9. The van der Waals surface area contributed by atoms with Gasteiger partial charge >= 0.3 is 0 Å². The molecule has 0 spiro atoms. The highest BCUT2D eigenvalue weighted by molar-refractivity contribution is 5.97. The summed E-state index contributed by atoms with van der Waals surface area (Å²) < 4.78 is 5.29. The van der Waals surface area contributed by atoms with Gasteiger partial charge in [-0.25, -0.2) is 0 Å². The van der Waals surface area contributed by atoms with Crippen LogP contribution >= 0.6 is 0 Å². The number of hydrogen-bond donors (Lipinski definition) is 2. The van der Waals surface area contributed by atoms with Crippen LogP contribution < -0.4 is 10.6 Å². The van der Waals surface area contributed by atoms with Crippen molar-refractivity contribution in [3.63, 3.8) is 0 Å². The molecule has 0 unspecified atom stereocenters. The molecule has 108 valence electrons. The number of nitrogens with one attached hydrogen (secondary N) is 2. The minimum Gasteiger partial charge on any atom is -0.379 e. The highest BCUT2D eigenvalue weighted by Crippen LogP contribution is 2.07. The number of carbonyl (C=O) groups excluding carboxylic acids is 2. The van der Waals surface area contributed by atoms with E-state index in [1.165, 1.54) is 0 Å². The summed E-state index contributed by atoms with van der Waals surface area (Å²) in [6.45, 7) is 3.17. The highest BCUT2D eigenvalue weighted by Gasteiger charge is 2.16. The first kappa shape index (κ1) is 14.5. The van der Waals surface area contributed by atoms with E-state index in [-0.39, 0.29) is 24.4 Å². The molecule has 0 saturated carbocycles. The predicted molar refractivity (Wildman–Crippen MR) is 75.5 cm³/mol. The molecule has 1 aliphatic heterocycles. The van der Waals surface area contributed by atoms with E-state index >= 15 is 0 Å².